The molecule has 2 amide bonds. The standard InChI is InChI=1S/C22H34N4O3/c1-24(13-14-25-10-2-3-20(27)16-25)22(29)19-6-4-17(5-7-19)15-26-11-8-18(9-12-26)21(23)28/h4-7,18,20,27H,2-3,8-16H2,1H3,(H2,23,28). The average Bonchev–Trinajstić information content (AvgIpc) is 2.72. The summed E-state index contributed by atoms with van der Waals surface area (Å²) in [6.45, 7) is 5.72. The maximum atomic E-state index is 12.7. The maximum absolute atomic E-state index is 12.7. The highest BCUT2D eigenvalue weighted by molar-refractivity contribution is 5.94. The molecule has 1 unspecified atom stereocenters. The van der Waals surface area contributed by atoms with Crippen molar-refractivity contribution in [1.82, 2.24) is 14.7 Å². The second kappa shape index (κ2) is 10.2. The minimum atomic E-state index is -0.237. The van der Waals surface area contributed by atoms with Crippen molar-refractivity contribution in [2.45, 2.75) is 38.3 Å². The van der Waals surface area contributed by atoms with Gasteiger partial charge in [-0.05, 0) is 63.0 Å². The quantitative estimate of drug-likeness (QED) is 0.708. The number of aliphatic hydroxyl groups is 1. The van der Waals surface area contributed by atoms with E-state index >= 15 is 0 Å². The summed E-state index contributed by atoms with van der Waals surface area (Å²) < 4.78 is 0. The molecule has 0 aromatic heterocycles. The smallest absolute Gasteiger partial charge is 0.253 e. The Balaban J connectivity index is 1.45. The molecule has 1 atom stereocenters. The van der Waals surface area contributed by atoms with Crippen LogP contribution in [0.4, 0.5) is 0 Å². The van der Waals surface area contributed by atoms with E-state index in [1.54, 1.807) is 4.90 Å². The Labute approximate surface area is 173 Å². The second-order valence-electron chi connectivity index (χ2n) is 8.47. The number of hydrogen-bond donors (Lipinski definition) is 2. The Kier molecular flexibility index (Phi) is 7.64. The Hall–Kier alpha value is -1.96. The van der Waals surface area contributed by atoms with E-state index in [4.69, 9.17) is 5.73 Å². The monoisotopic (exact) mass is 402 g/mol. The minimum absolute atomic E-state index is 0.00925. The van der Waals surface area contributed by atoms with Crippen LogP contribution in [-0.2, 0) is 11.3 Å². The first-order valence-electron chi connectivity index (χ1n) is 10.7. The Morgan fingerprint density at radius 2 is 1.79 bits per heavy atom. The predicted octanol–water partition coefficient (Wildman–Crippen LogP) is 0.913. The summed E-state index contributed by atoms with van der Waals surface area (Å²) in [7, 11) is 1.83. The van der Waals surface area contributed by atoms with Crippen LogP contribution in [0.5, 0.6) is 0 Å². The number of carbonyl (C=O) groups excluding carboxylic acids is 2. The highest BCUT2D eigenvalue weighted by atomic mass is 16.3. The van der Waals surface area contributed by atoms with E-state index in [-0.39, 0.29) is 23.8 Å². The van der Waals surface area contributed by atoms with Gasteiger partial charge in [-0.25, -0.2) is 0 Å². The summed E-state index contributed by atoms with van der Waals surface area (Å²) in [6.07, 6.45) is 3.30. The molecule has 160 valence electrons. The van der Waals surface area contributed by atoms with Gasteiger partial charge < -0.3 is 15.7 Å². The Bertz CT molecular complexity index is 686. The molecule has 0 radical (unpaired) electrons. The van der Waals surface area contributed by atoms with Crippen LogP contribution in [-0.4, -0.2) is 84.0 Å². The van der Waals surface area contributed by atoms with Crippen molar-refractivity contribution in [2.75, 3.05) is 46.3 Å². The fourth-order valence-corrected chi connectivity index (χ4v) is 4.23. The largest absolute Gasteiger partial charge is 0.392 e. The van der Waals surface area contributed by atoms with Gasteiger partial charge in [0.2, 0.25) is 5.91 Å². The summed E-state index contributed by atoms with van der Waals surface area (Å²) in [5.74, 6) is -0.153. The highest BCUT2D eigenvalue weighted by Gasteiger charge is 2.23. The van der Waals surface area contributed by atoms with Crippen molar-refractivity contribution in [3.8, 4) is 0 Å². The first-order valence-corrected chi connectivity index (χ1v) is 10.7. The number of nitrogens with zero attached hydrogens (tertiary/aromatic N) is 3. The number of primary amides is 1. The van der Waals surface area contributed by atoms with Crippen LogP contribution in [0.2, 0.25) is 0 Å². The molecule has 0 spiro atoms. The zero-order valence-corrected chi connectivity index (χ0v) is 17.4. The number of amides is 2. The van der Waals surface area contributed by atoms with Crippen LogP contribution in [0, 0.1) is 5.92 Å². The van der Waals surface area contributed by atoms with Crippen molar-refractivity contribution < 1.29 is 14.7 Å². The van der Waals surface area contributed by atoms with Gasteiger partial charge in [0.05, 0.1) is 6.10 Å². The molecule has 3 rings (SSSR count). The number of β-amino-alcohol motifs (C(OH)–C–C–N with tert-alkyl or cyclic N) is 1. The number of likely N-dealkylation sites (N-methyl/N-ethyl adjacent to an activating group) is 1. The Morgan fingerprint density at radius 3 is 2.41 bits per heavy atom. The van der Waals surface area contributed by atoms with E-state index in [1.165, 1.54) is 5.56 Å². The molecule has 2 aliphatic heterocycles. The van der Waals surface area contributed by atoms with Gasteiger partial charge in [-0.3, -0.25) is 19.4 Å². The number of rotatable bonds is 7. The molecule has 2 saturated heterocycles. The number of likely N-dealkylation sites (tertiary alicyclic amines) is 2. The van der Waals surface area contributed by atoms with Gasteiger partial charge >= 0.3 is 0 Å². The van der Waals surface area contributed by atoms with Crippen LogP contribution in [0.3, 0.4) is 0 Å². The first kappa shape index (κ1) is 21.7. The third-order valence-electron chi connectivity index (χ3n) is 6.18. The SMILES string of the molecule is CN(CCN1CCCC(O)C1)C(=O)c1ccc(CN2CCC(C(N)=O)CC2)cc1. The molecule has 2 heterocycles. The lowest BCUT2D eigenvalue weighted by atomic mass is 9.96. The van der Waals surface area contributed by atoms with Crippen LogP contribution in [0.1, 0.15) is 41.6 Å². The zero-order chi connectivity index (χ0) is 20.8. The van der Waals surface area contributed by atoms with Gasteiger partial charge in [0, 0.05) is 44.7 Å². The molecule has 3 N–H and O–H groups in total. The van der Waals surface area contributed by atoms with Crippen LogP contribution in [0.15, 0.2) is 24.3 Å². The van der Waals surface area contributed by atoms with E-state index in [0.29, 0.717) is 18.7 Å². The van der Waals surface area contributed by atoms with Crippen molar-refractivity contribution in [3.05, 3.63) is 35.4 Å². The zero-order valence-electron chi connectivity index (χ0n) is 17.4. The Morgan fingerprint density at radius 1 is 1.10 bits per heavy atom. The van der Waals surface area contributed by atoms with Crippen LogP contribution < -0.4 is 5.73 Å². The van der Waals surface area contributed by atoms with Crippen molar-refractivity contribution >= 4 is 11.8 Å². The van der Waals surface area contributed by atoms with Crippen molar-refractivity contribution in [3.63, 3.8) is 0 Å². The minimum Gasteiger partial charge on any atom is -0.392 e. The lowest BCUT2D eigenvalue weighted by Crippen LogP contribution is -2.43. The number of aliphatic hydroxyl groups excluding tert-OH is 1. The van der Waals surface area contributed by atoms with E-state index < -0.39 is 0 Å². The molecule has 0 bridgehead atoms. The molecule has 7 nitrogen and oxygen atoms in total. The summed E-state index contributed by atoms with van der Waals surface area (Å²) in [4.78, 5) is 30.3. The van der Waals surface area contributed by atoms with Gasteiger partial charge in [-0.1, -0.05) is 12.1 Å². The van der Waals surface area contributed by atoms with Gasteiger partial charge in [-0.15, -0.1) is 0 Å². The van der Waals surface area contributed by atoms with Gasteiger partial charge in [0.15, 0.2) is 0 Å². The predicted molar refractivity (Wildman–Crippen MR) is 112 cm³/mol. The average molecular weight is 403 g/mol. The fourth-order valence-electron chi connectivity index (χ4n) is 4.23. The van der Waals surface area contributed by atoms with Gasteiger partial charge in [-0.2, -0.15) is 0 Å². The molecule has 1 aromatic rings. The molecule has 29 heavy (non-hydrogen) atoms. The molecular formula is C22H34N4O3. The highest BCUT2D eigenvalue weighted by Crippen LogP contribution is 2.19. The van der Waals surface area contributed by atoms with E-state index in [0.717, 1.165) is 58.4 Å². The third-order valence-corrected chi connectivity index (χ3v) is 6.18. The molecule has 2 fully saturated rings. The third kappa shape index (κ3) is 6.26. The first-order chi connectivity index (χ1) is 13.9. The van der Waals surface area contributed by atoms with E-state index in [2.05, 4.69) is 9.80 Å². The maximum Gasteiger partial charge on any atom is 0.253 e. The van der Waals surface area contributed by atoms with Crippen LogP contribution >= 0.6 is 0 Å². The summed E-state index contributed by atoms with van der Waals surface area (Å²) in [5.41, 5.74) is 7.26. The lowest BCUT2D eigenvalue weighted by Gasteiger charge is -2.31. The fraction of sp³-hybridized carbons (Fsp3) is 0.636. The summed E-state index contributed by atoms with van der Waals surface area (Å²) >= 11 is 0. The number of nitrogens with two attached hydrogens (primary N) is 1. The number of piperidine rings is 2. The van der Waals surface area contributed by atoms with E-state index in [1.807, 2.05) is 31.3 Å². The van der Waals surface area contributed by atoms with Gasteiger partial charge in [0.25, 0.3) is 5.91 Å². The van der Waals surface area contributed by atoms with E-state index in [9.17, 15) is 14.7 Å². The van der Waals surface area contributed by atoms with Crippen molar-refractivity contribution in [2.24, 2.45) is 11.7 Å². The molecule has 1 aromatic carbocycles. The molecule has 7 heteroatoms. The number of carbonyl (C=O) groups is 2. The van der Waals surface area contributed by atoms with Crippen LogP contribution in [0.25, 0.3) is 0 Å². The molecule has 2 aliphatic rings. The molecular weight excluding hydrogens is 368 g/mol. The topological polar surface area (TPSA) is 90.1 Å². The molecule has 0 aliphatic carbocycles. The lowest BCUT2D eigenvalue weighted by molar-refractivity contribution is -0.123. The number of benzene rings is 1. The second-order valence-corrected chi connectivity index (χ2v) is 8.47. The van der Waals surface area contributed by atoms with Crippen molar-refractivity contribution in [1.29, 1.82) is 0 Å². The normalized spacial score (nSPS) is 21.8. The molecule has 0 saturated carbocycles. The van der Waals surface area contributed by atoms with Gasteiger partial charge in [0.1, 0.15) is 0 Å². The summed E-state index contributed by atoms with van der Waals surface area (Å²) in [6, 6.07) is 7.83. The number of hydrogen-bond acceptors (Lipinski definition) is 5. The summed E-state index contributed by atoms with van der Waals surface area (Å²) in [5, 5.41) is 9.77.